The fourth-order valence-corrected chi connectivity index (χ4v) is 1.41. The van der Waals surface area contributed by atoms with Crippen LogP contribution >= 0.6 is 0 Å². The van der Waals surface area contributed by atoms with Crippen molar-refractivity contribution < 1.29 is 4.79 Å². The molecule has 0 saturated carbocycles. The minimum atomic E-state index is -0.441. The molecule has 0 aromatic heterocycles. The van der Waals surface area contributed by atoms with Crippen molar-refractivity contribution >= 4 is 5.91 Å². The Morgan fingerprint density at radius 1 is 1.35 bits per heavy atom. The molecule has 0 aliphatic rings. The average molecular weight is 243 g/mol. The number of unbranched alkanes of at least 4 members (excludes halogenated alkanes) is 1. The van der Waals surface area contributed by atoms with Crippen molar-refractivity contribution in [2.24, 2.45) is 11.1 Å². The zero-order chi connectivity index (χ0) is 13.5. The van der Waals surface area contributed by atoms with Crippen molar-refractivity contribution in [1.82, 2.24) is 10.2 Å². The van der Waals surface area contributed by atoms with E-state index in [0.29, 0.717) is 6.54 Å². The van der Waals surface area contributed by atoms with Crippen molar-refractivity contribution in [2.45, 2.75) is 46.6 Å². The van der Waals surface area contributed by atoms with Crippen LogP contribution in [0.25, 0.3) is 0 Å². The van der Waals surface area contributed by atoms with Gasteiger partial charge in [-0.3, -0.25) is 4.79 Å². The predicted molar refractivity (Wildman–Crippen MR) is 72.8 cm³/mol. The minimum Gasteiger partial charge on any atom is -0.353 e. The molecular formula is C13H29N3O. The molecule has 0 aliphatic heterocycles. The molecule has 1 atom stereocenters. The first-order valence-electron chi connectivity index (χ1n) is 6.51. The molecule has 0 bridgehead atoms. The van der Waals surface area contributed by atoms with Gasteiger partial charge in [-0.15, -0.1) is 0 Å². The normalized spacial score (nSPS) is 13.8. The van der Waals surface area contributed by atoms with Crippen LogP contribution in [0.2, 0.25) is 0 Å². The van der Waals surface area contributed by atoms with E-state index in [1.54, 1.807) is 0 Å². The van der Waals surface area contributed by atoms with E-state index in [9.17, 15) is 4.79 Å². The molecule has 0 aliphatic carbocycles. The van der Waals surface area contributed by atoms with Crippen LogP contribution in [0.15, 0.2) is 0 Å². The van der Waals surface area contributed by atoms with Crippen LogP contribution in [0.5, 0.6) is 0 Å². The van der Waals surface area contributed by atoms with Crippen molar-refractivity contribution in [1.29, 1.82) is 0 Å². The van der Waals surface area contributed by atoms with Crippen LogP contribution in [0.1, 0.15) is 40.5 Å². The summed E-state index contributed by atoms with van der Waals surface area (Å²) in [7, 11) is 2.07. The number of nitrogens with two attached hydrogens (primary N) is 1. The molecule has 102 valence electrons. The van der Waals surface area contributed by atoms with Crippen molar-refractivity contribution in [3.8, 4) is 0 Å². The number of nitrogens with one attached hydrogen (secondary N) is 1. The van der Waals surface area contributed by atoms with E-state index in [1.165, 1.54) is 12.8 Å². The van der Waals surface area contributed by atoms with Gasteiger partial charge in [-0.2, -0.15) is 0 Å². The average Bonchev–Trinajstić information content (AvgIpc) is 2.23. The van der Waals surface area contributed by atoms with E-state index < -0.39 is 6.04 Å². The Morgan fingerprint density at radius 3 is 2.41 bits per heavy atom. The van der Waals surface area contributed by atoms with Gasteiger partial charge < -0.3 is 16.0 Å². The van der Waals surface area contributed by atoms with Crippen molar-refractivity contribution in [3.05, 3.63) is 0 Å². The molecular weight excluding hydrogens is 214 g/mol. The van der Waals surface area contributed by atoms with Gasteiger partial charge >= 0.3 is 0 Å². The van der Waals surface area contributed by atoms with Crippen LogP contribution < -0.4 is 11.1 Å². The van der Waals surface area contributed by atoms with Gasteiger partial charge in [-0.25, -0.2) is 0 Å². The number of rotatable bonds is 7. The summed E-state index contributed by atoms with van der Waals surface area (Å²) < 4.78 is 0. The molecule has 0 rings (SSSR count). The largest absolute Gasteiger partial charge is 0.353 e. The molecule has 0 spiro atoms. The van der Waals surface area contributed by atoms with Crippen LogP contribution in [0.3, 0.4) is 0 Å². The molecule has 0 aromatic rings. The number of nitrogens with zero attached hydrogens (tertiary/aromatic N) is 1. The van der Waals surface area contributed by atoms with Crippen LogP contribution in [0, 0.1) is 5.41 Å². The van der Waals surface area contributed by atoms with Crippen molar-refractivity contribution in [3.63, 3.8) is 0 Å². The molecule has 0 saturated heterocycles. The summed E-state index contributed by atoms with van der Waals surface area (Å²) in [5.41, 5.74) is 5.68. The maximum atomic E-state index is 11.7. The topological polar surface area (TPSA) is 58.4 Å². The molecule has 17 heavy (non-hydrogen) atoms. The predicted octanol–water partition coefficient (Wildman–Crippen LogP) is 1.21. The fourth-order valence-electron chi connectivity index (χ4n) is 1.41. The first kappa shape index (κ1) is 16.4. The summed E-state index contributed by atoms with van der Waals surface area (Å²) in [6.07, 6.45) is 2.40. The molecule has 0 fully saturated rings. The SMILES string of the molecule is CCCCN(C)CCNC(=O)[C@@H](N)C(C)(C)C. The van der Waals surface area contributed by atoms with Gasteiger partial charge in [0.05, 0.1) is 6.04 Å². The highest BCUT2D eigenvalue weighted by atomic mass is 16.2. The summed E-state index contributed by atoms with van der Waals surface area (Å²) in [6.45, 7) is 10.7. The van der Waals surface area contributed by atoms with E-state index in [-0.39, 0.29) is 11.3 Å². The Balaban J connectivity index is 3.78. The summed E-state index contributed by atoms with van der Waals surface area (Å²) in [4.78, 5) is 14.0. The molecule has 4 nitrogen and oxygen atoms in total. The summed E-state index contributed by atoms with van der Waals surface area (Å²) >= 11 is 0. The zero-order valence-corrected chi connectivity index (χ0v) is 12.0. The Morgan fingerprint density at radius 2 is 1.94 bits per heavy atom. The van der Waals surface area contributed by atoms with Gasteiger partial charge in [-0.1, -0.05) is 34.1 Å². The molecule has 1 amide bonds. The first-order chi connectivity index (χ1) is 7.79. The number of likely N-dealkylation sites (N-methyl/N-ethyl adjacent to an activating group) is 1. The number of amides is 1. The van der Waals surface area contributed by atoms with Gasteiger partial charge in [0.1, 0.15) is 0 Å². The van der Waals surface area contributed by atoms with Crippen LogP contribution in [-0.2, 0) is 4.79 Å². The fraction of sp³-hybridized carbons (Fsp3) is 0.923. The van der Waals surface area contributed by atoms with Crippen molar-refractivity contribution in [2.75, 3.05) is 26.7 Å². The Bertz CT molecular complexity index is 223. The Labute approximate surface area is 106 Å². The van der Waals surface area contributed by atoms with E-state index in [1.807, 2.05) is 20.8 Å². The quantitative estimate of drug-likeness (QED) is 0.706. The third kappa shape index (κ3) is 7.34. The molecule has 4 heteroatoms. The Hall–Kier alpha value is -0.610. The molecule has 0 radical (unpaired) electrons. The first-order valence-corrected chi connectivity index (χ1v) is 6.51. The van der Waals surface area contributed by atoms with Gasteiger partial charge in [-0.05, 0) is 25.4 Å². The highest BCUT2D eigenvalue weighted by Gasteiger charge is 2.26. The summed E-state index contributed by atoms with van der Waals surface area (Å²) in [5, 5.41) is 2.89. The van der Waals surface area contributed by atoms with Crippen LogP contribution in [-0.4, -0.2) is 43.5 Å². The molecule has 3 N–H and O–H groups in total. The summed E-state index contributed by atoms with van der Waals surface area (Å²) in [6, 6.07) is -0.441. The van der Waals surface area contributed by atoms with Gasteiger partial charge in [0, 0.05) is 13.1 Å². The highest BCUT2D eigenvalue weighted by molar-refractivity contribution is 5.82. The second-order valence-corrected chi connectivity index (χ2v) is 5.79. The van der Waals surface area contributed by atoms with Gasteiger partial charge in [0.2, 0.25) is 5.91 Å². The third-order valence-electron chi connectivity index (χ3n) is 2.90. The number of hydrogen-bond acceptors (Lipinski definition) is 3. The lowest BCUT2D eigenvalue weighted by atomic mass is 9.87. The van der Waals surface area contributed by atoms with Crippen LogP contribution in [0.4, 0.5) is 0 Å². The van der Waals surface area contributed by atoms with E-state index in [0.717, 1.165) is 13.1 Å². The maximum Gasteiger partial charge on any atom is 0.237 e. The standard InChI is InChI=1S/C13H29N3O/c1-6-7-9-16(5)10-8-15-12(17)11(14)13(2,3)4/h11H,6-10,14H2,1-5H3,(H,15,17)/t11-/m1/s1. The number of hydrogen-bond donors (Lipinski definition) is 2. The van der Waals surface area contributed by atoms with E-state index >= 15 is 0 Å². The highest BCUT2D eigenvalue weighted by Crippen LogP contribution is 2.16. The number of carbonyl (C=O) groups is 1. The van der Waals surface area contributed by atoms with E-state index in [2.05, 4.69) is 24.2 Å². The molecule has 0 unspecified atom stereocenters. The Kier molecular flexibility index (Phi) is 7.39. The second kappa shape index (κ2) is 7.67. The maximum absolute atomic E-state index is 11.7. The number of carbonyl (C=O) groups excluding carboxylic acids is 1. The lowest BCUT2D eigenvalue weighted by Gasteiger charge is -2.26. The summed E-state index contributed by atoms with van der Waals surface area (Å²) in [5.74, 6) is -0.0543. The lowest BCUT2D eigenvalue weighted by Crippen LogP contribution is -2.49. The zero-order valence-electron chi connectivity index (χ0n) is 12.0. The van der Waals surface area contributed by atoms with Gasteiger partial charge in [0.15, 0.2) is 0 Å². The van der Waals surface area contributed by atoms with Gasteiger partial charge in [0.25, 0.3) is 0 Å². The lowest BCUT2D eigenvalue weighted by molar-refractivity contribution is -0.124. The van der Waals surface area contributed by atoms with E-state index in [4.69, 9.17) is 5.73 Å². The molecule has 0 heterocycles. The smallest absolute Gasteiger partial charge is 0.237 e. The molecule has 0 aromatic carbocycles. The second-order valence-electron chi connectivity index (χ2n) is 5.79. The monoisotopic (exact) mass is 243 g/mol. The minimum absolute atomic E-state index is 0.0543. The third-order valence-corrected chi connectivity index (χ3v) is 2.90.